The number of amides is 5. The average Bonchev–Trinajstić information content (AvgIpc) is 2.97. The molecule has 1 aromatic rings. The van der Waals surface area contributed by atoms with Crippen LogP contribution in [0.15, 0.2) is 27.7 Å². The number of hydrogen-bond donors (Lipinski definition) is 10. The van der Waals surface area contributed by atoms with Gasteiger partial charge in [0.25, 0.3) is 0 Å². The van der Waals surface area contributed by atoms with Crippen LogP contribution in [0.3, 0.4) is 0 Å². The van der Waals surface area contributed by atoms with Gasteiger partial charge in [0.15, 0.2) is 5.96 Å². The zero-order chi connectivity index (χ0) is 33.5. The zero-order valence-corrected chi connectivity index (χ0v) is 26.1. The van der Waals surface area contributed by atoms with E-state index in [4.69, 9.17) is 17.2 Å². The zero-order valence-electron chi connectivity index (χ0n) is 24.5. The normalized spacial score (nSPS) is 21.6. The minimum atomic E-state index is -1.60. The molecule has 0 saturated carbocycles. The molecule has 1 heterocycles. The maximum absolute atomic E-state index is 13.6. The summed E-state index contributed by atoms with van der Waals surface area (Å²) in [7, 11) is 0. The number of aliphatic imine (C=N–C) groups is 1. The maximum Gasteiger partial charge on any atom is 0.305 e. The summed E-state index contributed by atoms with van der Waals surface area (Å²) in [6.45, 7) is -0.151. The van der Waals surface area contributed by atoms with Crippen LogP contribution in [0.2, 0.25) is 0 Å². The fourth-order valence-electron chi connectivity index (χ4n) is 4.39. The highest BCUT2D eigenvalue weighted by Crippen LogP contribution is 2.25. The van der Waals surface area contributed by atoms with E-state index in [-0.39, 0.29) is 43.9 Å². The molecule has 5 amide bonds. The molecule has 45 heavy (non-hydrogen) atoms. The van der Waals surface area contributed by atoms with Crippen molar-refractivity contribution in [3.63, 3.8) is 0 Å². The topological polar surface area (TPSA) is 293 Å². The van der Waals surface area contributed by atoms with E-state index < -0.39 is 72.6 Å². The van der Waals surface area contributed by atoms with Crippen LogP contribution in [0.5, 0.6) is 5.75 Å². The molecular formula is C27H40BrN9O8. The molecule has 1 saturated heterocycles. The molecule has 17 nitrogen and oxygen atoms in total. The van der Waals surface area contributed by atoms with Gasteiger partial charge in [-0.25, -0.2) is 0 Å². The van der Waals surface area contributed by atoms with Gasteiger partial charge in [-0.3, -0.25) is 33.8 Å². The van der Waals surface area contributed by atoms with Crippen molar-refractivity contribution in [1.29, 1.82) is 0 Å². The Bertz CT molecular complexity index is 1270. The predicted octanol–water partition coefficient (Wildman–Crippen LogP) is -2.58. The molecule has 1 fully saturated rings. The van der Waals surface area contributed by atoms with Gasteiger partial charge in [0.1, 0.15) is 29.9 Å². The molecule has 0 radical (unpaired) electrons. The Morgan fingerprint density at radius 2 is 1.47 bits per heavy atom. The van der Waals surface area contributed by atoms with Crippen molar-refractivity contribution < 1.29 is 39.0 Å². The second-order valence-corrected chi connectivity index (χ2v) is 11.2. The van der Waals surface area contributed by atoms with Gasteiger partial charge in [-0.2, -0.15) is 0 Å². The first-order valence-corrected chi connectivity index (χ1v) is 15.0. The number of hydrogen-bond acceptors (Lipinski definition) is 9. The van der Waals surface area contributed by atoms with E-state index in [0.717, 1.165) is 0 Å². The molecule has 0 bridgehead atoms. The molecule has 4 atom stereocenters. The van der Waals surface area contributed by atoms with Gasteiger partial charge in [0, 0.05) is 13.0 Å². The SMILES string of the molecule is NCCCC[C@@H]1NC(=O)[C@@H](Cc2ccc(O)c(Br)c2)NC(=O)[C@H](CC(=O)O)NC(=O)CNC(=O)[C@H](CCCN=C(N)N)NC1=O. The van der Waals surface area contributed by atoms with Gasteiger partial charge in [0.05, 0.1) is 17.4 Å². The molecule has 1 aliphatic rings. The number of nitrogens with zero attached hydrogens (tertiary/aromatic N) is 1. The second-order valence-electron chi connectivity index (χ2n) is 10.3. The number of rotatable bonds is 12. The van der Waals surface area contributed by atoms with Crippen molar-refractivity contribution in [3.05, 3.63) is 28.2 Å². The van der Waals surface area contributed by atoms with Crippen LogP contribution in [0.4, 0.5) is 0 Å². The lowest BCUT2D eigenvalue weighted by Crippen LogP contribution is -2.58. The number of unbranched alkanes of at least 4 members (excludes halogenated alkanes) is 1. The molecule has 18 heteroatoms. The van der Waals surface area contributed by atoms with Crippen molar-refractivity contribution in [1.82, 2.24) is 26.6 Å². The summed E-state index contributed by atoms with van der Waals surface area (Å²) in [5.74, 6) is -5.70. The van der Waals surface area contributed by atoms with Crippen molar-refractivity contribution in [3.8, 4) is 5.75 Å². The van der Waals surface area contributed by atoms with Crippen molar-refractivity contribution in [2.75, 3.05) is 19.6 Å². The number of carbonyl (C=O) groups excluding carboxylic acids is 5. The summed E-state index contributed by atoms with van der Waals surface area (Å²) in [6, 6.07) is -0.834. The molecule has 0 unspecified atom stereocenters. The molecule has 2 rings (SSSR count). The highest BCUT2D eigenvalue weighted by Gasteiger charge is 2.33. The third-order valence-electron chi connectivity index (χ3n) is 6.70. The van der Waals surface area contributed by atoms with E-state index in [2.05, 4.69) is 47.5 Å². The van der Waals surface area contributed by atoms with Gasteiger partial charge in [-0.05, 0) is 72.3 Å². The number of carboxylic acids is 1. The number of benzene rings is 1. The minimum absolute atomic E-state index is 0.0637. The molecule has 1 aromatic carbocycles. The van der Waals surface area contributed by atoms with Crippen LogP contribution >= 0.6 is 15.9 Å². The Balaban J connectivity index is 2.48. The third kappa shape index (κ3) is 13.0. The van der Waals surface area contributed by atoms with Gasteiger partial charge < -0.3 is 54.0 Å². The molecule has 0 aromatic heterocycles. The lowest BCUT2D eigenvalue weighted by Gasteiger charge is -2.26. The second kappa shape index (κ2) is 18.4. The summed E-state index contributed by atoms with van der Waals surface area (Å²) in [5.41, 5.74) is 16.8. The van der Waals surface area contributed by atoms with Crippen molar-refractivity contribution >= 4 is 57.4 Å². The minimum Gasteiger partial charge on any atom is -0.507 e. The van der Waals surface area contributed by atoms with E-state index in [9.17, 15) is 39.0 Å². The number of nitrogens with one attached hydrogen (secondary N) is 5. The Morgan fingerprint density at radius 3 is 2.09 bits per heavy atom. The van der Waals surface area contributed by atoms with Crippen LogP contribution < -0.4 is 43.8 Å². The molecule has 13 N–H and O–H groups in total. The number of carboxylic acid groups (broad SMARTS) is 1. The van der Waals surface area contributed by atoms with E-state index in [1.54, 1.807) is 0 Å². The number of aromatic hydroxyl groups is 1. The molecule has 1 aliphatic heterocycles. The molecule has 248 valence electrons. The number of carbonyl (C=O) groups is 6. The van der Waals surface area contributed by atoms with E-state index in [1.165, 1.54) is 18.2 Å². The van der Waals surface area contributed by atoms with Crippen LogP contribution in [0, 0.1) is 0 Å². The highest BCUT2D eigenvalue weighted by atomic mass is 79.9. The molecule has 0 aliphatic carbocycles. The van der Waals surface area contributed by atoms with Gasteiger partial charge in [-0.15, -0.1) is 0 Å². The summed E-state index contributed by atoms with van der Waals surface area (Å²) in [5, 5.41) is 31.6. The van der Waals surface area contributed by atoms with Crippen LogP contribution in [-0.2, 0) is 35.2 Å². The number of guanidine groups is 1. The van der Waals surface area contributed by atoms with Crippen molar-refractivity contribution in [2.24, 2.45) is 22.2 Å². The number of halogens is 1. The average molecular weight is 699 g/mol. The summed E-state index contributed by atoms with van der Waals surface area (Å²) < 4.78 is 0.321. The lowest BCUT2D eigenvalue weighted by atomic mass is 10.0. The summed E-state index contributed by atoms with van der Waals surface area (Å²) >= 11 is 3.20. The first kappa shape index (κ1) is 36.7. The number of phenols is 1. The Hall–Kier alpha value is -4.45. The van der Waals surface area contributed by atoms with E-state index >= 15 is 0 Å². The van der Waals surface area contributed by atoms with E-state index in [0.29, 0.717) is 29.4 Å². The number of nitrogens with two attached hydrogens (primary N) is 3. The summed E-state index contributed by atoms with van der Waals surface area (Å²) in [4.78, 5) is 81.4. The fourth-order valence-corrected chi connectivity index (χ4v) is 4.82. The first-order valence-electron chi connectivity index (χ1n) is 14.2. The largest absolute Gasteiger partial charge is 0.507 e. The van der Waals surface area contributed by atoms with Crippen LogP contribution in [-0.4, -0.2) is 95.5 Å². The Morgan fingerprint density at radius 1 is 0.867 bits per heavy atom. The smallest absolute Gasteiger partial charge is 0.305 e. The lowest BCUT2D eigenvalue weighted by molar-refractivity contribution is -0.141. The highest BCUT2D eigenvalue weighted by molar-refractivity contribution is 9.10. The van der Waals surface area contributed by atoms with E-state index in [1.807, 2.05) is 0 Å². The molecule has 0 spiro atoms. The number of aliphatic carboxylic acids is 1. The Kier molecular flexibility index (Phi) is 15.0. The van der Waals surface area contributed by atoms with Gasteiger partial charge in [-0.1, -0.05) is 6.07 Å². The van der Waals surface area contributed by atoms with Crippen LogP contribution in [0.1, 0.15) is 44.1 Å². The maximum atomic E-state index is 13.6. The standard InChI is InChI=1S/C27H40BrN9O8/c28-15-10-14(6-7-20(15)38)11-18-25(44)36-17(4-1-2-8-29)24(43)35-16(5-3-9-32-27(30)31)23(42)33-13-21(39)34-19(12-22(40)41)26(45)37-18/h6-7,10,16-19,38H,1-5,8-9,11-13,29H2,(H,33,42)(H,34,39)(H,35,43)(H,36,44)(H,37,45)(H,40,41)(H4,30,31,32)/t16-,17-,18+,19-/m0/s1. The quantitative estimate of drug-likeness (QED) is 0.0615. The third-order valence-corrected chi connectivity index (χ3v) is 7.33. The van der Waals surface area contributed by atoms with Crippen molar-refractivity contribution in [2.45, 2.75) is 69.1 Å². The monoisotopic (exact) mass is 697 g/mol. The first-order chi connectivity index (χ1) is 21.3. The van der Waals surface area contributed by atoms with Crippen LogP contribution in [0.25, 0.3) is 0 Å². The Labute approximate surface area is 267 Å². The molecular weight excluding hydrogens is 658 g/mol. The summed E-state index contributed by atoms with van der Waals surface area (Å²) in [6.07, 6.45) is 0.514. The van der Waals surface area contributed by atoms with Gasteiger partial charge >= 0.3 is 5.97 Å². The van der Waals surface area contributed by atoms with Gasteiger partial charge in [0.2, 0.25) is 29.5 Å². The predicted molar refractivity (Wildman–Crippen MR) is 165 cm³/mol. The fraction of sp³-hybridized carbons (Fsp3) is 0.519. The number of phenolic OH excluding ortho intramolecular Hbond substituents is 1.